The molecule has 0 saturated carbocycles. The predicted molar refractivity (Wildman–Crippen MR) is 159 cm³/mol. The monoisotopic (exact) mass is 642 g/mol. The number of nitrogens with zero attached hydrogens (tertiary/aromatic N) is 4. The van der Waals surface area contributed by atoms with Crippen LogP contribution in [0, 0.1) is 6.92 Å². The number of anilines is 1. The molecule has 0 radical (unpaired) electrons. The van der Waals surface area contributed by atoms with Crippen LogP contribution >= 0.6 is 23.2 Å². The van der Waals surface area contributed by atoms with E-state index in [4.69, 9.17) is 23.2 Å². The standard InChI is InChI=1S/C28H21Cl2N5O5S2/c1-18-14-23(9-13-27(18)42(39,40)35-16-19-4-2-3-5-20(19)17-35)31-34-32-28(36)25-15-22(30)8-12-26(25)33-41(37,38)24-10-6-21(29)7-11-24/h2-15H,16-17H2,1H3/p+1. The SMILES string of the molecule is Cc1cc(N=[N+]=NC(=O)c2cc(Cl)ccc2NS(=O)(=O)c2ccc(Cl)cc2)ccc1S(=O)(=O)N1Cc2ccccc2C1. The molecule has 4 aromatic carbocycles. The molecule has 0 bridgehead atoms. The molecule has 4 aromatic rings. The number of nitrogens with one attached hydrogen (secondary N) is 1. The highest BCUT2D eigenvalue weighted by atomic mass is 35.5. The Balaban J connectivity index is 1.35. The summed E-state index contributed by atoms with van der Waals surface area (Å²) in [5.41, 5.74) is 2.44. The zero-order valence-electron chi connectivity index (χ0n) is 21.9. The molecule has 0 saturated heterocycles. The number of sulfonamides is 2. The van der Waals surface area contributed by atoms with Gasteiger partial charge in [0.25, 0.3) is 10.0 Å². The lowest BCUT2D eigenvalue weighted by atomic mass is 10.1. The van der Waals surface area contributed by atoms with Crippen LogP contribution < -0.4 is 9.63 Å². The number of carbonyl (C=O) groups excluding carboxylic acids is 1. The van der Waals surface area contributed by atoms with Gasteiger partial charge in [0.1, 0.15) is 0 Å². The number of aryl methyl sites for hydroxylation is 1. The third-order valence-electron chi connectivity index (χ3n) is 6.46. The molecule has 1 aliphatic heterocycles. The maximum absolute atomic E-state index is 13.3. The molecule has 1 aliphatic rings. The van der Waals surface area contributed by atoms with Gasteiger partial charge in [0.15, 0.2) is 10.8 Å². The zero-order chi connectivity index (χ0) is 30.1. The Kier molecular flexibility index (Phi) is 8.29. The van der Waals surface area contributed by atoms with Crippen LogP contribution in [-0.4, -0.2) is 27.0 Å². The number of halogens is 2. The average molecular weight is 644 g/mol. The third-order valence-corrected chi connectivity index (χ3v) is 10.3. The molecule has 0 aliphatic carbocycles. The third kappa shape index (κ3) is 6.29. The smallest absolute Gasteiger partial charge is 0.279 e. The van der Waals surface area contributed by atoms with Gasteiger partial charge in [-0.25, -0.2) is 16.8 Å². The van der Waals surface area contributed by atoms with Gasteiger partial charge in [-0.1, -0.05) is 47.5 Å². The number of amides is 1. The van der Waals surface area contributed by atoms with Crippen molar-refractivity contribution in [1.29, 1.82) is 0 Å². The summed E-state index contributed by atoms with van der Waals surface area (Å²) in [5.74, 6) is -0.903. The zero-order valence-corrected chi connectivity index (χ0v) is 25.0. The molecule has 42 heavy (non-hydrogen) atoms. The molecular weight excluding hydrogens is 621 g/mol. The van der Waals surface area contributed by atoms with Gasteiger partial charge in [0.05, 0.1) is 21.0 Å². The van der Waals surface area contributed by atoms with Gasteiger partial charge in [0.2, 0.25) is 20.0 Å². The first-order chi connectivity index (χ1) is 19.9. The second kappa shape index (κ2) is 11.8. The largest absolute Gasteiger partial charge is 0.362 e. The summed E-state index contributed by atoms with van der Waals surface area (Å²) < 4.78 is 56.0. The fourth-order valence-corrected chi connectivity index (χ4v) is 7.34. The van der Waals surface area contributed by atoms with Crippen LogP contribution in [0.1, 0.15) is 27.0 Å². The molecule has 5 rings (SSSR count). The van der Waals surface area contributed by atoms with Gasteiger partial charge in [0, 0.05) is 23.1 Å². The minimum absolute atomic E-state index is 0.0623. The Hall–Kier alpha value is -3.90. The van der Waals surface area contributed by atoms with E-state index in [-0.39, 0.29) is 31.8 Å². The van der Waals surface area contributed by atoms with E-state index in [2.05, 4.69) is 19.9 Å². The molecular formula is C28H22Cl2N5O5S2+. The summed E-state index contributed by atoms with van der Waals surface area (Å²) in [6.45, 7) is 2.23. The lowest BCUT2D eigenvalue weighted by Gasteiger charge is -2.17. The second-order valence-electron chi connectivity index (χ2n) is 9.34. The molecule has 1 amide bonds. The molecule has 214 valence electrons. The van der Waals surface area contributed by atoms with E-state index < -0.39 is 26.0 Å². The van der Waals surface area contributed by atoms with E-state index in [1.54, 1.807) is 6.92 Å². The van der Waals surface area contributed by atoms with Crippen molar-refractivity contribution >= 4 is 60.5 Å². The summed E-state index contributed by atoms with van der Waals surface area (Å²) in [6, 6.07) is 21.5. The number of benzene rings is 4. The van der Waals surface area contributed by atoms with Crippen molar-refractivity contribution in [2.45, 2.75) is 29.8 Å². The fourth-order valence-electron chi connectivity index (χ4n) is 4.36. The van der Waals surface area contributed by atoms with E-state index in [1.807, 2.05) is 24.3 Å². The van der Waals surface area contributed by atoms with Crippen LogP contribution in [0.15, 0.2) is 105 Å². The number of hydrogen-bond donors (Lipinski definition) is 1. The molecule has 1 N–H and O–H groups in total. The fraction of sp³-hybridized carbons (Fsp3) is 0.107. The predicted octanol–water partition coefficient (Wildman–Crippen LogP) is 6.25. The summed E-state index contributed by atoms with van der Waals surface area (Å²) in [4.78, 5) is 16.5. The van der Waals surface area contributed by atoms with Gasteiger partial charge < -0.3 is 0 Å². The van der Waals surface area contributed by atoms with Crippen molar-refractivity contribution < 1.29 is 21.6 Å². The summed E-state index contributed by atoms with van der Waals surface area (Å²) in [7, 11) is -7.82. The topological polar surface area (TPSA) is 139 Å². The lowest BCUT2D eigenvalue weighted by Crippen LogP contribution is -2.26. The Morgan fingerprint density at radius 2 is 1.50 bits per heavy atom. The maximum Gasteiger partial charge on any atom is 0.362 e. The lowest BCUT2D eigenvalue weighted by molar-refractivity contribution is 0.0993. The van der Waals surface area contributed by atoms with Crippen LogP contribution in [0.3, 0.4) is 0 Å². The van der Waals surface area contributed by atoms with Crippen molar-refractivity contribution in [2.24, 2.45) is 10.2 Å². The normalized spacial score (nSPS) is 13.2. The first-order valence-electron chi connectivity index (χ1n) is 12.4. The number of carbonyl (C=O) groups is 1. The molecule has 0 fully saturated rings. The van der Waals surface area contributed by atoms with Crippen LogP contribution in [0.4, 0.5) is 11.4 Å². The molecule has 0 unspecified atom stereocenters. The number of fused-ring (bicyclic) bond motifs is 1. The molecule has 0 atom stereocenters. The van der Waals surface area contributed by atoms with E-state index in [9.17, 15) is 21.6 Å². The van der Waals surface area contributed by atoms with Gasteiger partial charge in [-0.15, -0.1) is 0 Å². The Morgan fingerprint density at radius 1 is 0.857 bits per heavy atom. The summed E-state index contributed by atoms with van der Waals surface area (Å²) >= 11 is 11.9. The Morgan fingerprint density at radius 3 is 2.14 bits per heavy atom. The van der Waals surface area contributed by atoms with Crippen LogP contribution in [0.5, 0.6) is 0 Å². The van der Waals surface area contributed by atoms with Gasteiger partial charge in [-0.2, -0.15) is 4.31 Å². The van der Waals surface area contributed by atoms with E-state index in [0.29, 0.717) is 23.7 Å². The molecule has 14 heteroatoms. The number of hydrogen-bond acceptors (Lipinski definition) is 6. The van der Waals surface area contributed by atoms with Crippen molar-refractivity contribution in [3.8, 4) is 0 Å². The van der Waals surface area contributed by atoms with E-state index in [0.717, 1.165) is 11.1 Å². The molecule has 10 nitrogen and oxygen atoms in total. The summed E-state index contributed by atoms with van der Waals surface area (Å²) in [5, 5.41) is 8.03. The van der Waals surface area contributed by atoms with E-state index >= 15 is 0 Å². The van der Waals surface area contributed by atoms with E-state index in [1.165, 1.54) is 65.0 Å². The van der Waals surface area contributed by atoms with Crippen molar-refractivity contribution in [2.75, 3.05) is 4.72 Å². The van der Waals surface area contributed by atoms with Gasteiger partial charge in [-0.05, 0) is 84.3 Å². The molecule has 0 aromatic heterocycles. The number of rotatable bonds is 7. The quantitative estimate of drug-likeness (QED) is 0.187. The molecule has 1 heterocycles. The van der Waals surface area contributed by atoms with Gasteiger partial charge >= 0.3 is 5.91 Å². The highest BCUT2D eigenvalue weighted by molar-refractivity contribution is 7.92. The van der Waals surface area contributed by atoms with Crippen molar-refractivity contribution in [3.63, 3.8) is 0 Å². The Bertz CT molecular complexity index is 1970. The first-order valence-corrected chi connectivity index (χ1v) is 16.0. The minimum atomic E-state index is -4.06. The van der Waals surface area contributed by atoms with Crippen molar-refractivity contribution in [1.82, 2.24) is 9.22 Å². The van der Waals surface area contributed by atoms with Crippen molar-refractivity contribution in [3.05, 3.63) is 117 Å². The first kappa shape index (κ1) is 29.6. The van der Waals surface area contributed by atoms with Crippen LogP contribution in [-0.2, 0) is 33.1 Å². The van der Waals surface area contributed by atoms with Crippen LogP contribution in [0.25, 0.3) is 0 Å². The highest BCUT2D eigenvalue weighted by Crippen LogP contribution is 2.31. The average Bonchev–Trinajstić information content (AvgIpc) is 3.39. The van der Waals surface area contributed by atoms with Crippen LogP contribution in [0.2, 0.25) is 10.0 Å². The second-order valence-corrected chi connectivity index (χ2v) is 13.8. The van der Waals surface area contributed by atoms with Gasteiger partial charge in [-0.3, -0.25) is 9.52 Å². The molecule has 0 spiro atoms. The Labute approximate surface area is 252 Å². The minimum Gasteiger partial charge on any atom is -0.279 e. The summed E-state index contributed by atoms with van der Waals surface area (Å²) in [6.07, 6.45) is 0. The highest BCUT2D eigenvalue weighted by Gasteiger charge is 2.31. The maximum atomic E-state index is 13.3.